The summed E-state index contributed by atoms with van der Waals surface area (Å²) in [6.07, 6.45) is 0. The highest BCUT2D eigenvalue weighted by molar-refractivity contribution is 7.84. The Kier molecular flexibility index (Phi) is 6.09. The van der Waals surface area contributed by atoms with Crippen LogP contribution in [0, 0.1) is 5.82 Å². The van der Waals surface area contributed by atoms with Crippen LogP contribution in [0.15, 0.2) is 18.2 Å². The summed E-state index contributed by atoms with van der Waals surface area (Å²) in [6.45, 7) is 1.18. The van der Waals surface area contributed by atoms with Gasteiger partial charge in [0.2, 0.25) is 5.91 Å². The summed E-state index contributed by atoms with van der Waals surface area (Å²) in [4.78, 5) is 21.8. The van der Waals surface area contributed by atoms with Crippen LogP contribution in [0.2, 0.25) is 5.02 Å². The molecule has 2 N–H and O–H groups in total. The number of carboxylic acid groups (broad SMARTS) is 1. The maximum Gasteiger partial charge on any atom is 0.327 e. The van der Waals surface area contributed by atoms with Crippen molar-refractivity contribution in [3.63, 3.8) is 0 Å². The quantitative estimate of drug-likeness (QED) is 0.827. The third kappa shape index (κ3) is 5.26. The molecule has 0 spiro atoms. The zero-order valence-electron chi connectivity index (χ0n) is 10.6. The first kappa shape index (κ1) is 16.6. The van der Waals surface area contributed by atoms with Crippen LogP contribution in [0.1, 0.15) is 12.5 Å². The molecule has 8 heteroatoms. The van der Waals surface area contributed by atoms with E-state index in [1.54, 1.807) is 0 Å². The van der Waals surface area contributed by atoms with Crippen molar-refractivity contribution >= 4 is 34.3 Å². The number of rotatable bonds is 6. The van der Waals surface area contributed by atoms with E-state index < -0.39 is 34.5 Å². The van der Waals surface area contributed by atoms with Crippen LogP contribution in [0.5, 0.6) is 0 Å². The van der Waals surface area contributed by atoms with Gasteiger partial charge in [0, 0.05) is 22.7 Å². The molecule has 0 saturated heterocycles. The van der Waals surface area contributed by atoms with E-state index in [-0.39, 0.29) is 16.5 Å². The number of carbonyl (C=O) groups excluding carboxylic acids is 1. The fourth-order valence-electron chi connectivity index (χ4n) is 1.48. The van der Waals surface area contributed by atoms with Gasteiger partial charge in [0.25, 0.3) is 0 Å². The number of carboxylic acids is 1. The molecule has 0 radical (unpaired) electrons. The molecule has 1 aromatic carbocycles. The molecule has 0 aliphatic heterocycles. The molecule has 1 aromatic rings. The summed E-state index contributed by atoms with van der Waals surface area (Å²) < 4.78 is 24.7. The Morgan fingerprint density at radius 3 is 2.65 bits per heavy atom. The van der Waals surface area contributed by atoms with Crippen molar-refractivity contribution in [1.82, 2.24) is 5.32 Å². The van der Waals surface area contributed by atoms with Crippen LogP contribution >= 0.6 is 11.6 Å². The van der Waals surface area contributed by atoms with Gasteiger partial charge in [-0.1, -0.05) is 17.7 Å². The summed E-state index contributed by atoms with van der Waals surface area (Å²) in [6, 6.07) is 2.44. The SMILES string of the molecule is CC(=O)NC(CS(=O)Cc1ccc(F)cc1Cl)C(=O)O. The molecule has 1 rings (SSSR count). The standard InChI is InChI=1S/C12H13ClFNO4S/c1-7(16)15-11(12(17)18)6-20(19)5-8-2-3-9(14)4-10(8)13/h2-4,11H,5-6H2,1H3,(H,15,16)(H,17,18). The minimum Gasteiger partial charge on any atom is -0.480 e. The molecule has 0 saturated carbocycles. The van der Waals surface area contributed by atoms with Gasteiger partial charge in [-0.2, -0.15) is 0 Å². The number of aliphatic carboxylic acids is 1. The predicted octanol–water partition coefficient (Wildman–Crippen LogP) is 1.32. The molecule has 110 valence electrons. The Hall–Kier alpha value is -1.47. The Balaban J connectivity index is 2.70. The molecule has 0 bridgehead atoms. The third-order valence-electron chi connectivity index (χ3n) is 2.36. The zero-order valence-corrected chi connectivity index (χ0v) is 12.1. The predicted molar refractivity (Wildman–Crippen MR) is 73.4 cm³/mol. The van der Waals surface area contributed by atoms with Crippen molar-refractivity contribution in [2.24, 2.45) is 0 Å². The van der Waals surface area contributed by atoms with Gasteiger partial charge in [0.05, 0.1) is 11.5 Å². The monoisotopic (exact) mass is 321 g/mol. The van der Waals surface area contributed by atoms with Crippen LogP contribution in [0.25, 0.3) is 0 Å². The van der Waals surface area contributed by atoms with Crippen LogP contribution in [0.4, 0.5) is 4.39 Å². The maximum atomic E-state index is 12.9. The average Bonchev–Trinajstić information content (AvgIpc) is 2.31. The van der Waals surface area contributed by atoms with Gasteiger partial charge < -0.3 is 10.4 Å². The molecule has 20 heavy (non-hydrogen) atoms. The van der Waals surface area contributed by atoms with Gasteiger partial charge >= 0.3 is 5.97 Å². The van der Waals surface area contributed by atoms with E-state index in [1.807, 2.05) is 0 Å². The Morgan fingerprint density at radius 2 is 2.15 bits per heavy atom. The minimum atomic E-state index is -1.56. The normalized spacial score (nSPS) is 13.6. The first-order valence-electron chi connectivity index (χ1n) is 5.58. The second-order valence-electron chi connectivity index (χ2n) is 4.08. The van der Waals surface area contributed by atoms with E-state index in [4.69, 9.17) is 16.7 Å². The smallest absolute Gasteiger partial charge is 0.327 e. The first-order chi connectivity index (χ1) is 9.29. The highest BCUT2D eigenvalue weighted by Crippen LogP contribution is 2.19. The molecular formula is C12H13ClFNO4S. The van der Waals surface area contributed by atoms with Crippen molar-refractivity contribution in [2.75, 3.05) is 5.75 Å². The number of nitrogens with one attached hydrogen (secondary N) is 1. The molecule has 0 heterocycles. The van der Waals surface area contributed by atoms with Crippen LogP contribution in [0.3, 0.4) is 0 Å². The maximum absolute atomic E-state index is 12.9. The molecule has 2 atom stereocenters. The Morgan fingerprint density at radius 1 is 1.50 bits per heavy atom. The van der Waals surface area contributed by atoms with Crippen molar-refractivity contribution < 1.29 is 23.3 Å². The van der Waals surface area contributed by atoms with E-state index in [9.17, 15) is 18.2 Å². The molecule has 0 aliphatic rings. The van der Waals surface area contributed by atoms with Gasteiger partial charge in [0.1, 0.15) is 11.9 Å². The molecule has 2 unspecified atom stereocenters. The molecular weight excluding hydrogens is 309 g/mol. The van der Waals surface area contributed by atoms with E-state index in [1.165, 1.54) is 19.1 Å². The topological polar surface area (TPSA) is 83.5 Å². The fraction of sp³-hybridized carbons (Fsp3) is 0.333. The largest absolute Gasteiger partial charge is 0.480 e. The summed E-state index contributed by atoms with van der Waals surface area (Å²) in [5, 5.41) is 11.2. The van der Waals surface area contributed by atoms with Crippen LogP contribution in [-0.4, -0.2) is 33.0 Å². The number of carbonyl (C=O) groups is 2. The lowest BCUT2D eigenvalue weighted by Gasteiger charge is -2.13. The van der Waals surface area contributed by atoms with Crippen molar-refractivity contribution in [1.29, 1.82) is 0 Å². The number of benzene rings is 1. The Labute approximate surface area is 122 Å². The van der Waals surface area contributed by atoms with Gasteiger partial charge in [-0.05, 0) is 17.7 Å². The average molecular weight is 322 g/mol. The number of amides is 1. The van der Waals surface area contributed by atoms with Crippen molar-refractivity contribution in [3.05, 3.63) is 34.6 Å². The highest BCUT2D eigenvalue weighted by atomic mass is 35.5. The minimum absolute atomic E-state index is 0.0114. The van der Waals surface area contributed by atoms with Gasteiger partial charge in [-0.15, -0.1) is 0 Å². The summed E-state index contributed by atoms with van der Waals surface area (Å²) in [7, 11) is -1.56. The first-order valence-corrected chi connectivity index (χ1v) is 7.45. The van der Waals surface area contributed by atoms with Gasteiger partial charge in [-0.3, -0.25) is 9.00 Å². The zero-order chi connectivity index (χ0) is 15.3. The lowest BCUT2D eigenvalue weighted by Crippen LogP contribution is -2.43. The van der Waals surface area contributed by atoms with Crippen molar-refractivity contribution in [3.8, 4) is 0 Å². The number of halogens is 2. The lowest BCUT2D eigenvalue weighted by atomic mass is 10.2. The van der Waals surface area contributed by atoms with E-state index in [2.05, 4.69) is 5.32 Å². The molecule has 0 aliphatic carbocycles. The molecule has 1 amide bonds. The molecule has 0 fully saturated rings. The van der Waals surface area contributed by atoms with Gasteiger partial charge in [-0.25, -0.2) is 9.18 Å². The van der Waals surface area contributed by atoms with Crippen molar-refractivity contribution in [2.45, 2.75) is 18.7 Å². The Bertz CT molecular complexity index is 552. The summed E-state index contributed by atoms with van der Waals surface area (Å²) in [5.41, 5.74) is 0.457. The van der Waals surface area contributed by atoms with Crippen LogP contribution < -0.4 is 5.32 Å². The number of hydrogen-bond donors (Lipinski definition) is 2. The van der Waals surface area contributed by atoms with Gasteiger partial charge in [0.15, 0.2) is 0 Å². The number of hydrogen-bond acceptors (Lipinski definition) is 3. The van der Waals surface area contributed by atoms with Crippen LogP contribution in [-0.2, 0) is 26.1 Å². The third-order valence-corrected chi connectivity index (χ3v) is 4.05. The van der Waals surface area contributed by atoms with E-state index >= 15 is 0 Å². The lowest BCUT2D eigenvalue weighted by molar-refractivity contribution is -0.140. The molecule has 5 nitrogen and oxygen atoms in total. The van der Waals surface area contributed by atoms with E-state index in [0.29, 0.717) is 5.56 Å². The highest BCUT2D eigenvalue weighted by Gasteiger charge is 2.21. The summed E-state index contributed by atoms with van der Waals surface area (Å²) in [5.74, 6) is -2.55. The summed E-state index contributed by atoms with van der Waals surface area (Å²) >= 11 is 5.80. The second kappa shape index (κ2) is 7.35. The second-order valence-corrected chi connectivity index (χ2v) is 5.99. The van der Waals surface area contributed by atoms with E-state index in [0.717, 1.165) is 6.07 Å². The fourth-order valence-corrected chi connectivity index (χ4v) is 3.10. The molecule has 0 aromatic heterocycles.